The lowest BCUT2D eigenvalue weighted by atomic mass is 9.82. The molecule has 2 rings (SSSR count). The Kier molecular flexibility index (Phi) is 5.62. The Morgan fingerprint density at radius 2 is 1.76 bits per heavy atom. The third kappa shape index (κ3) is 3.56. The molecule has 0 atom stereocenters. The third-order valence-electron chi connectivity index (χ3n) is 4.23. The van der Waals surface area contributed by atoms with Crippen molar-refractivity contribution in [1.82, 2.24) is 0 Å². The fourth-order valence-corrected chi connectivity index (χ4v) is 3.06. The molecule has 0 aromatic heterocycles. The summed E-state index contributed by atoms with van der Waals surface area (Å²) >= 11 is 0. The molecule has 1 aromatic rings. The van der Waals surface area contributed by atoms with E-state index in [1.807, 2.05) is 6.07 Å². The summed E-state index contributed by atoms with van der Waals surface area (Å²) in [5.41, 5.74) is 1.51. The quantitative estimate of drug-likeness (QED) is 0.819. The maximum Gasteiger partial charge on any atom is 0.166 e. The van der Waals surface area contributed by atoms with Crippen molar-refractivity contribution >= 4 is 5.78 Å². The summed E-state index contributed by atoms with van der Waals surface area (Å²) in [5, 5.41) is 9.24. The molecule has 1 aliphatic carbocycles. The molecule has 0 bridgehead atoms. The van der Waals surface area contributed by atoms with Crippen LogP contribution < -0.4 is 9.47 Å². The van der Waals surface area contributed by atoms with E-state index in [4.69, 9.17) is 9.47 Å². The average Bonchev–Trinajstić information content (AvgIpc) is 2.54. The molecule has 1 aromatic carbocycles. The van der Waals surface area contributed by atoms with Gasteiger partial charge in [0, 0.05) is 18.1 Å². The SMILES string of the molecule is COc1cc(CCO)c(C(=O)C2CCCCC2)cc1OC. The minimum atomic E-state index is 0.0143. The van der Waals surface area contributed by atoms with Crippen LogP contribution in [0.2, 0.25) is 0 Å². The summed E-state index contributed by atoms with van der Waals surface area (Å²) in [5.74, 6) is 1.45. The van der Waals surface area contributed by atoms with E-state index in [1.54, 1.807) is 20.3 Å². The average molecular weight is 292 g/mol. The Morgan fingerprint density at radius 3 is 2.33 bits per heavy atom. The number of aliphatic hydroxyl groups is 1. The summed E-state index contributed by atoms with van der Waals surface area (Å²) in [7, 11) is 3.14. The Hall–Kier alpha value is -1.55. The van der Waals surface area contributed by atoms with E-state index >= 15 is 0 Å². The van der Waals surface area contributed by atoms with E-state index in [2.05, 4.69) is 0 Å². The highest BCUT2D eigenvalue weighted by molar-refractivity contribution is 6.00. The van der Waals surface area contributed by atoms with Gasteiger partial charge in [0.25, 0.3) is 0 Å². The molecule has 21 heavy (non-hydrogen) atoms. The zero-order valence-corrected chi connectivity index (χ0v) is 12.9. The lowest BCUT2D eigenvalue weighted by Crippen LogP contribution is -2.19. The number of methoxy groups -OCH3 is 2. The molecule has 0 aliphatic heterocycles. The van der Waals surface area contributed by atoms with Crippen molar-refractivity contribution in [1.29, 1.82) is 0 Å². The predicted octanol–water partition coefficient (Wildman–Crippen LogP) is 3.00. The van der Waals surface area contributed by atoms with Gasteiger partial charge in [0.2, 0.25) is 0 Å². The molecular weight excluding hydrogens is 268 g/mol. The summed E-state index contributed by atoms with van der Waals surface area (Å²) in [6.45, 7) is 0.0143. The zero-order chi connectivity index (χ0) is 15.2. The molecule has 1 fully saturated rings. The lowest BCUT2D eigenvalue weighted by Gasteiger charge is -2.22. The largest absolute Gasteiger partial charge is 0.493 e. The molecule has 1 saturated carbocycles. The van der Waals surface area contributed by atoms with Gasteiger partial charge in [-0.15, -0.1) is 0 Å². The van der Waals surface area contributed by atoms with Crippen LogP contribution in [0.25, 0.3) is 0 Å². The maximum absolute atomic E-state index is 12.8. The van der Waals surface area contributed by atoms with Crippen LogP contribution in [-0.4, -0.2) is 31.7 Å². The fraction of sp³-hybridized carbons (Fsp3) is 0.588. The van der Waals surface area contributed by atoms with Crippen molar-refractivity contribution in [2.24, 2.45) is 5.92 Å². The first-order chi connectivity index (χ1) is 10.2. The number of hydrogen-bond donors (Lipinski definition) is 1. The van der Waals surface area contributed by atoms with Gasteiger partial charge in [0.1, 0.15) is 0 Å². The van der Waals surface area contributed by atoms with Crippen molar-refractivity contribution in [3.8, 4) is 11.5 Å². The number of carbonyl (C=O) groups excluding carboxylic acids is 1. The van der Waals surface area contributed by atoms with E-state index in [0.29, 0.717) is 23.5 Å². The smallest absolute Gasteiger partial charge is 0.166 e. The van der Waals surface area contributed by atoms with E-state index in [-0.39, 0.29) is 18.3 Å². The Balaban J connectivity index is 2.36. The van der Waals surface area contributed by atoms with Crippen LogP contribution in [0.1, 0.15) is 48.0 Å². The van der Waals surface area contributed by atoms with E-state index in [0.717, 1.165) is 31.2 Å². The van der Waals surface area contributed by atoms with E-state index < -0.39 is 0 Å². The molecule has 0 heterocycles. The minimum Gasteiger partial charge on any atom is -0.493 e. The van der Waals surface area contributed by atoms with Crippen LogP contribution in [0.5, 0.6) is 11.5 Å². The summed E-state index contributed by atoms with van der Waals surface area (Å²) in [6, 6.07) is 3.58. The number of ether oxygens (including phenoxy) is 2. The molecule has 0 spiro atoms. The molecule has 116 valence electrons. The van der Waals surface area contributed by atoms with Gasteiger partial charge in [-0.25, -0.2) is 0 Å². The van der Waals surface area contributed by atoms with Gasteiger partial charge in [0.05, 0.1) is 14.2 Å². The second kappa shape index (κ2) is 7.46. The predicted molar refractivity (Wildman–Crippen MR) is 81.2 cm³/mol. The first kappa shape index (κ1) is 15.8. The second-order valence-corrected chi connectivity index (χ2v) is 5.54. The number of benzene rings is 1. The number of aliphatic hydroxyl groups excluding tert-OH is 1. The molecule has 0 unspecified atom stereocenters. The molecular formula is C17H24O4. The second-order valence-electron chi connectivity index (χ2n) is 5.54. The maximum atomic E-state index is 12.8. The third-order valence-corrected chi connectivity index (χ3v) is 4.23. The van der Waals surface area contributed by atoms with Crippen LogP contribution in [-0.2, 0) is 6.42 Å². The highest BCUT2D eigenvalue weighted by Gasteiger charge is 2.25. The van der Waals surface area contributed by atoms with Crippen LogP contribution in [0.3, 0.4) is 0 Å². The van der Waals surface area contributed by atoms with Crippen molar-refractivity contribution in [2.75, 3.05) is 20.8 Å². The molecule has 1 N–H and O–H groups in total. The molecule has 0 radical (unpaired) electrons. The fourth-order valence-electron chi connectivity index (χ4n) is 3.06. The number of Topliss-reactive ketones (excluding diaryl/α,β-unsaturated/α-hetero) is 1. The van der Waals surface area contributed by atoms with Gasteiger partial charge in [-0.3, -0.25) is 4.79 Å². The normalized spacial score (nSPS) is 15.8. The number of carbonyl (C=O) groups is 1. The first-order valence-electron chi connectivity index (χ1n) is 7.61. The molecule has 0 amide bonds. The van der Waals surface area contributed by atoms with Crippen LogP contribution in [0, 0.1) is 5.92 Å². The monoisotopic (exact) mass is 292 g/mol. The summed E-state index contributed by atoms with van der Waals surface area (Å²) in [6.07, 6.45) is 5.85. The summed E-state index contributed by atoms with van der Waals surface area (Å²) in [4.78, 5) is 12.8. The Labute approximate surface area is 126 Å². The molecule has 4 nitrogen and oxygen atoms in total. The van der Waals surface area contributed by atoms with Gasteiger partial charge in [-0.1, -0.05) is 19.3 Å². The topological polar surface area (TPSA) is 55.8 Å². The van der Waals surface area contributed by atoms with E-state index in [9.17, 15) is 9.90 Å². The molecule has 4 heteroatoms. The van der Waals surface area contributed by atoms with Crippen molar-refractivity contribution in [2.45, 2.75) is 38.5 Å². The van der Waals surface area contributed by atoms with Crippen molar-refractivity contribution in [3.63, 3.8) is 0 Å². The van der Waals surface area contributed by atoms with Gasteiger partial charge < -0.3 is 14.6 Å². The van der Waals surface area contributed by atoms with E-state index in [1.165, 1.54) is 6.42 Å². The zero-order valence-electron chi connectivity index (χ0n) is 12.9. The van der Waals surface area contributed by atoms with Crippen LogP contribution >= 0.6 is 0 Å². The van der Waals surface area contributed by atoms with Crippen molar-refractivity contribution in [3.05, 3.63) is 23.3 Å². The molecule has 0 saturated heterocycles. The van der Waals surface area contributed by atoms with Crippen LogP contribution in [0.15, 0.2) is 12.1 Å². The number of rotatable bonds is 6. The minimum absolute atomic E-state index is 0.0143. The van der Waals surface area contributed by atoms with Gasteiger partial charge in [0.15, 0.2) is 17.3 Å². The standard InChI is InChI=1S/C17H24O4/c1-20-15-10-13(8-9-18)14(11-16(15)21-2)17(19)12-6-4-3-5-7-12/h10-12,18H,3-9H2,1-2H3. The summed E-state index contributed by atoms with van der Waals surface area (Å²) < 4.78 is 10.6. The Bertz CT molecular complexity index is 490. The Morgan fingerprint density at radius 1 is 1.14 bits per heavy atom. The number of hydrogen-bond acceptors (Lipinski definition) is 4. The van der Waals surface area contributed by atoms with Gasteiger partial charge in [-0.2, -0.15) is 0 Å². The first-order valence-corrected chi connectivity index (χ1v) is 7.61. The van der Waals surface area contributed by atoms with Gasteiger partial charge in [-0.05, 0) is 37.0 Å². The van der Waals surface area contributed by atoms with Crippen LogP contribution in [0.4, 0.5) is 0 Å². The highest BCUT2D eigenvalue weighted by Crippen LogP contribution is 2.34. The van der Waals surface area contributed by atoms with Gasteiger partial charge >= 0.3 is 0 Å². The van der Waals surface area contributed by atoms with Crippen molar-refractivity contribution < 1.29 is 19.4 Å². The molecule has 1 aliphatic rings. The lowest BCUT2D eigenvalue weighted by molar-refractivity contribution is 0.0888. The number of ketones is 1. The highest BCUT2D eigenvalue weighted by atomic mass is 16.5.